The molecular weight excluding hydrogens is 336 g/mol. The minimum absolute atomic E-state index is 0. The minimum atomic E-state index is 0. The summed E-state index contributed by atoms with van der Waals surface area (Å²) in [5.41, 5.74) is 0. The number of rotatable bonds is 0. The first-order valence-electron chi connectivity index (χ1n) is 0. The Bertz CT molecular complexity index is 10.4. The van der Waals surface area contributed by atoms with Crippen LogP contribution in [0.1, 0.15) is 0 Å². The van der Waals surface area contributed by atoms with E-state index < -0.39 is 0 Å². The molecular formula is H16Cl2N5Pt-. The van der Waals surface area contributed by atoms with Crippen molar-refractivity contribution in [1.82, 2.24) is 30.8 Å². The van der Waals surface area contributed by atoms with E-state index in [2.05, 4.69) is 0 Å². The van der Waals surface area contributed by atoms with Crippen molar-refractivity contribution in [3.63, 3.8) is 0 Å². The first-order valence-corrected chi connectivity index (χ1v) is 0. The predicted molar refractivity (Wildman–Crippen MR) is 32.4 cm³/mol. The molecule has 0 heterocycles. The third-order valence-electron chi connectivity index (χ3n) is 0. The van der Waals surface area contributed by atoms with Crippen molar-refractivity contribution in [2.75, 3.05) is 0 Å². The van der Waals surface area contributed by atoms with Crippen LogP contribution in [0.15, 0.2) is 0 Å². The molecule has 0 aromatic heterocycles. The van der Waals surface area contributed by atoms with Crippen molar-refractivity contribution in [3.8, 4) is 0 Å². The summed E-state index contributed by atoms with van der Waals surface area (Å²) in [5, 5.41) is 0. The van der Waals surface area contributed by atoms with Gasteiger partial charge in [0.15, 0.2) is 0 Å². The molecule has 0 atom stereocenters. The number of hydrogen-bond donors (Lipinski definition) is 5. The molecule has 0 amide bonds. The van der Waals surface area contributed by atoms with Crippen LogP contribution in [0.2, 0.25) is 0 Å². The van der Waals surface area contributed by atoms with E-state index >= 15 is 0 Å². The van der Waals surface area contributed by atoms with E-state index in [0.717, 1.165) is 0 Å². The summed E-state index contributed by atoms with van der Waals surface area (Å²) in [4.78, 5) is 0. The monoisotopic (exact) mass is 351 g/mol. The Balaban J connectivity index is 0. The van der Waals surface area contributed by atoms with Crippen molar-refractivity contribution in [3.05, 3.63) is 0 Å². The second-order valence-electron chi connectivity index (χ2n) is 0. The molecule has 0 spiro atoms. The molecule has 0 aliphatic rings. The van der Waals surface area contributed by atoms with Gasteiger partial charge in [-0.25, -0.2) is 0 Å². The number of hydrogen-bond acceptors (Lipinski definition) is 5. The Hall–Kier alpha value is 1.07. The molecule has 0 fully saturated rings. The Morgan fingerprint density at radius 1 is 0.500 bits per heavy atom. The van der Waals surface area contributed by atoms with Gasteiger partial charge in [0.05, 0.1) is 0 Å². The van der Waals surface area contributed by atoms with Gasteiger partial charge in [-0.3, -0.25) is 0 Å². The molecule has 0 saturated heterocycles. The van der Waals surface area contributed by atoms with Crippen LogP contribution in [-0.2, 0) is 21.1 Å². The van der Waals surface area contributed by atoms with Crippen LogP contribution in [0.25, 0.3) is 0 Å². The molecule has 0 aliphatic heterocycles. The average molecular weight is 352 g/mol. The van der Waals surface area contributed by atoms with Crippen LogP contribution in [0.4, 0.5) is 0 Å². The molecule has 0 unspecified atom stereocenters. The maximum Gasteiger partial charge on any atom is 0 e. The molecule has 0 rings (SSSR count). The summed E-state index contributed by atoms with van der Waals surface area (Å²) in [5.74, 6) is 0. The zero-order valence-corrected chi connectivity index (χ0v) is 8.48. The van der Waals surface area contributed by atoms with Crippen molar-refractivity contribution in [1.29, 1.82) is 0 Å². The topological polar surface area (TPSA) is 175 Å². The summed E-state index contributed by atoms with van der Waals surface area (Å²) < 4.78 is 0. The Morgan fingerprint density at radius 2 is 0.500 bits per heavy atom. The summed E-state index contributed by atoms with van der Waals surface area (Å²) in [6, 6.07) is 0. The van der Waals surface area contributed by atoms with Crippen LogP contribution < -0.4 is 43.2 Å². The molecule has 66 valence electrons. The van der Waals surface area contributed by atoms with E-state index in [-0.39, 0.29) is 76.6 Å². The first-order chi connectivity index (χ1) is 0. The van der Waals surface area contributed by atoms with Crippen LogP contribution in [-0.4, -0.2) is 0 Å². The summed E-state index contributed by atoms with van der Waals surface area (Å²) in [6.07, 6.45) is 0. The van der Waals surface area contributed by atoms with Crippen LogP contribution in [0.5, 0.6) is 0 Å². The van der Waals surface area contributed by atoms with Crippen LogP contribution in [0, 0.1) is 0 Å². The van der Waals surface area contributed by atoms with Gasteiger partial charge in [-0.1, -0.05) is 0 Å². The quantitative estimate of drug-likeness (QED) is 0.346. The van der Waals surface area contributed by atoms with Crippen LogP contribution in [0.3, 0.4) is 0 Å². The second kappa shape index (κ2) is 353. The normalized spacial score (nSPS) is 0. The van der Waals surface area contributed by atoms with Gasteiger partial charge in [-0.05, 0) is 0 Å². The van der Waals surface area contributed by atoms with Gasteiger partial charge in [0.2, 0.25) is 0 Å². The zero-order valence-electron chi connectivity index (χ0n) is 4.64. The van der Waals surface area contributed by atoms with Crippen molar-refractivity contribution >= 4 is 12.4 Å². The van der Waals surface area contributed by atoms with E-state index in [0.29, 0.717) is 0 Å². The molecule has 0 radical (unpaired) electrons. The molecule has 0 saturated carbocycles. The molecule has 0 aromatic carbocycles. The van der Waals surface area contributed by atoms with Crippen molar-refractivity contribution in [2.24, 2.45) is 0 Å². The standard InChI is InChI=1S/2ClH.5H3N.Pt/h2*1H;5*1H3;/p-1. The molecule has 0 aromatic rings. The van der Waals surface area contributed by atoms with Crippen molar-refractivity contribution < 1.29 is 33.5 Å². The summed E-state index contributed by atoms with van der Waals surface area (Å²) in [6.45, 7) is 0. The molecule has 8 heteroatoms. The van der Waals surface area contributed by atoms with E-state index in [1.807, 2.05) is 0 Å². The third-order valence-corrected chi connectivity index (χ3v) is 0. The van der Waals surface area contributed by atoms with E-state index in [9.17, 15) is 0 Å². The molecule has 15 N–H and O–H groups in total. The molecule has 0 aliphatic carbocycles. The van der Waals surface area contributed by atoms with Crippen LogP contribution >= 0.6 is 12.4 Å². The fraction of sp³-hybridized carbons (Fsp3) is 0. The zero-order chi connectivity index (χ0) is 0. The second-order valence-corrected chi connectivity index (χ2v) is 0. The van der Waals surface area contributed by atoms with Gasteiger partial charge in [-0.15, -0.1) is 12.4 Å². The van der Waals surface area contributed by atoms with E-state index in [1.165, 1.54) is 0 Å². The van der Waals surface area contributed by atoms with E-state index in [1.54, 1.807) is 0 Å². The van der Waals surface area contributed by atoms with Gasteiger partial charge in [0.1, 0.15) is 0 Å². The minimum Gasteiger partial charge on any atom is -1.00 e. The Labute approximate surface area is 76.7 Å². The van der Waals surface area contributed by atoms with Gasteiger partial charge >= 0.3 is 0 Å². The molecule has 0 bridgehead atoms. The average Bonchev–Trinajstić information content (AvgIpc) is 0. The Morgan fingerprint density at radius 3 is 0.500 bits per heavy atom. The summed E-state index contributed by atoms with van der Waals surface area (Å²) in [7, 11) is 0. The Kier molecular flexibility index (Phi) is 22800. The van der Waals surface area contributed by atoms with Gasteiger partial charge in [0, 0.05) is 21.1 Å². The third kappa shape index (κ3) is 228. The van der Waals surface area contributed by atoms with E-state index in [4.69, 9.17) is 0 Å². The SMILES string of the molecule is Cl.N.N.N.N.N.[Cl-].[Pt]. The molecule has 5 nitrogen and oxygen atoms in total. The largest absolute Gasteiger partial charge is 1.00 e. The van der Waals surface area contributed by atoms with Gasteiger partial charge in [0.25, 0.3) is 0 Å². The number of halogens is 2. The maximum atomic E-state index is 0. The molecule has 8 heavy (non-hydrogen) atoms. The van der Waals surface area contributed by atoms with Gasteiger partial charge < -0.3 is 43.2 Å². The fourth-order valence-electron chi connectivity index (χ4n) is 0. The van der Waals surface area contributed by atoms with Gasteiger partial charge in [-0.2, -0.15) is 0 Å². The predicted octanol–water partition coefficient (Wildman–Crippen LogP) is -1.77. The maximum absolute atomic E-state index is 0. The first kappa shape index (κ1) is 517. The smallest absolute Gasteiger partial charge is 0 e. The van der Waals surface area contributed by atoms with Crippen molar-refractivity contribution in [2.45, 2.75) is 0 Å². The fourth-order valence-corrected chi connectivity index (χ4v) is 0. The summed E-state index contributed by atoms with van der Waals surface area (Å²) >= 11 is 0.